The molecule has 0 spiro atoms. The molecule has 0 aromatic rings. The van der Waals surface area contributed by atoms with Crippen molar-refractivity contribution in [3.63, 3.8) is 0 Å². The Balaban J connectivity index is 3.45. The summed E-state index contributed by atoms with van der Waals surface area (Å²) in [6.07, 6.45) is 5.12. The predicted octanol–water partition coefficient (Wildman–Crippen LogP) is 2.78. The van der Waals surface area contributed by atoms with Crippen LogP contribution in [-0.2, 0) is 9.53 Å². The molecule has 0 aliphatic carbocycles. The van der Waals surface area contributed by atoms with Crippen LogP contribution in [0.3, 0.4) is 0 Å². The molecule has 3 nitrogen and oxygen atoms in total. The van der Waals surface area contributed by atoms with Gasteiger partial charge in [-0.15, -0.1) is 0 Å². The number of carbonyl (C=O) groups excluding carboxylic acids is 1. The van der Waals surface area contributed by atoms with Crippen molar-refractivity contribution in [1.82, 2.24) is 0 Å². The number of unbranched alkanes of at least 4 members (excludes halogenated alkanes) is 4. The highest BCUT2D eigenvalue weighted by molar-refractivity contribution is 5.86. The zero-order chi connectivity index (χ0) is 11.7. The SMILES string of the molecule is C=C(C)C(=O)OC(O)CCCCCCC. The van der Waals surface area contributed by atoms with Crippen LogP contribution in [0.1, 0.15) is 52.4 Å². The summed E-state index contributed by atoms with van der Waals surface area (Å²) < 4.78 is 4.74. The van der Waals surface area contributed by atoms with Crippen molar-refractivity contribution in [3.05, 3.63) is 12.2 Å². The first-order valence-corrected chi connectivity index (χ1v) is 5.62. The van der Waals surface area contributed by atoms with Crippen molar-refractivity contribution in [2.75, 3.05) is 0 Å². The maximum Gasteiger partial charge on any atom is 0.335 e. The number of esters is 1. The minimum atomic E-state index is -0.976. The van der Waals surface area contributed by atoms with Crippen molar-refractivity contribution < 1.29 is 14.6 Å². The lowest BCUT2D eigenvalue weighted by atomic mass is 10.1. The molecule has 1 atom stereocenters. The highest BCUT2D eigenvalue weighted by Crippen LogP contribution is 2.08. The van der Waals surface area contributed by atoms with Crippen LogP contribution < -0.4 is 0 Å². The Morgan fingerprint density at radius 2 is 1.93 bits per heavy atom. The molecule has 15 heavy (non-hydrogen) atoms. The number of carbonyl (C=O) groups is 1. The van der Waals surface area contributed by atoms with Crippen molar-refractivity contribution in [1.29, 1.82) is 0 Å². The van der Waals surface area contributed by atoms with Crippen molar-refractivity contribution in [2.45, 2.75) is 58.7 Å². The van der Waals surface area contributed by atoms with Gasteiger partial charge in [-0.2, -0.15) is 0 Å². The van der Waals surface area contributed by atoms with Gasteiger partial charge in [-0.25, -0.2) is 4.79 Å². The van der Waals surface area contributed by atoms with E-state index in [-0.39, 0.29) is 0 Å². The summed E-state index contributed by atoms with van der Waals surface area (Å²) in [5.41, 5.74) is 0.319. The summed E-state index contributed by atoms with van der Waals surface area (Å²) >= 11 is 0. The number of aliphatic hydroxyl groups excluding tert-OH is 1. The standard InChI is InChI=1S/C12H22O3/c1-4-5-6-7-8-9-11(13)15-12(14)10(2)3/h11,13H,2,4-9H2,1,3H3. The molecule has 0 fully saturated rings. The zero-order valence-electron chi connectivity index (χ0n) is 9.79. The minimum Gasteiger partial charge on any atom is -0.433 e. The predicted molar refractivity (Wildman–Crippen MR) is 60.3 cm³/mol. The number of hydrogen-bond donors (Lipinski definition) is 1. The summed E-state index contributed by atoms with van der Waals surface area (Å²) in [4.78, 5) is 11.0. The highest BCUT2D eigenvalue weighted by atomic mass is 16.6. The van der Waals surface area contributed by atoms with E-state index in [9.17, 15) is 9.90 Å². The van der Waals surface area contributed by atoms with E-state index in [0.29, 0.717) is 12.0 Å². The first-order chi connectivity index (χ1) is 7.07. The average Bonchev–Trinajstić information content (AvgIpc) is 2.17. The van der Waals surface area contributed by atoms with Crippen molar-refractivity contribution >= 4 is 5.97 Å². The van der Waals surface area contributed by atoms with Crippen LogP contribution in [0.25, 0.3) is 0 Å². The fourth-order valence-corrected chi connectivity index (χ4v) is 1.21. The zero-order valence-corrected chi connectivity index (χ0v) is 9.79. The molecule has 0 aromatic heterocycles. The molecule has 0 radical (unpaired) electrons. The van der Waals surface area contributed by atoms with Crippen LogP contribution in [0.5, 0.6) is 0 Å². The minimum absolute atomic E-state index is 0.319. The summed E-state index contributed by atoms with van der Waals surface area (Å²) in [6, 6.07) is 0. The van der Waals surface area contributed by atoms with E-state index < -0.39 is 12.3 Å². The number of ether oxygens (including phenoxy) is 1. The van der Waals surface area contributed by atoms with Gasteiger partial charge in [0.15, 0.2) is 0 Å². The van der Waals surface area contributed by atoms with E-state index in [1.54, 1.807) is 6.92 Å². The molecule has 3 heteroatoms. The van der Waals surface area contributed by atoms with E-state index in [4.69, 9.17) is 4.74 Å². The Morgan fingerprint density at radius 1 is 1.33 bits per heavy atom. The molecule has 0 aliphatic heterocycles. The Kier molecular flexibility index (Phi) is 8.01. The molecule has 0 heterocycles. The van der Waals surface area contributed by atoms with Gasteiger partial charge in [0.05, 0.1) is 0 Å². The van der Waals surface area contributed by atoms with E-state index in [2.05, 4.69) is 13.5 Å². The molecule has 1 unspecified atom stereocenters. The van der Waals surface area contributed by atoms with Gasteiger partial charge < -0.3 is 9.84 Å². The van der Waals surface area contributed by atoms with Crippen LogP contribution in [-0.4, -0.2) is 17.4 Å². The fourth-order valence-electron chi connectivity index (χ4n) is 1.21. The monoisotopic (exact) mass is 214 g/mol. The van der Waals surface area contributed by atoms with Crippen LogP contribution in [0.4, 0.5) is 0 Å². The average molecular weight is 214 g/mol. The van der Waals surface area contributed by atoms with E-state index in [1.807, 2.05) is 0 Å². The maximum atomic E-state index is 11.0. The number of aliphatic hydroxyl groups is 1. The molecule has 0 bridgehead atoms. The molecule has 0 saturated carbocycles. The summed E-state index contributed by atoms with van der Waals surface area (Å²) in [5, 5.41) is 9.34. The summed E-state index contributed by atoms with van der Waals surface area (Å²) in [6.45, 7) is 7.17. The Labute approximate surface area is 92.1 Å². The molecule has 1 N–H and O–H groups in total. The second-order valence-electron chi connectivity index (χ2n) is 3.84. The lowest BCUT2D eigenvalue weighted by Gasteiger charge is -2.11. The highest BCUT2D eigenvalue weighted by Gasteiger charge is 2.10. The molecule has 0 aliphatic rings. The van der Waals surface area contributed by atoms with Gasteiger partial charge in [-0.05, 0) is 13.3 Å². The first-order valence-electron chi connectivity index (χ1n) is 5.62. The van der Waals surface area contributed by atoms with E-state index >= 15 is 0 Å². The lowest BCUT2D eigenvalue weighted by Crippen LogP contribution is -2.17. The number of rotatable bonds is 8. The quantitative estimate of drug-likeness (QED) is 0.292. The van der Waals surface area contributed by atoms with Crippen LogP contribution in [0, 0.1) is 0 Å². The van der Waals surface area contributed by atoms with Crippen molar-refractivity contribution in [2.24, 2.45) is 0 Å². The van der Waals surface area contributed by atoms with Crippen LogP contribution >= 0.6 is 0 Å². The third-order valence-corrected chi connectivity index (χ3v) is 2.15. The van der Waals surface area contributed by atoms with E-state index in [1.165, 1.54) is 19.3 Å². The normalized spacial score (nSPS) is 12.2. The van der Waals surface area contributed by atoms with Gasteiger partial charge in [-0.3, -0.25) is 0 Å². The van der Waals surface area contributed by atoms with Gasteiger partial charge in [-0.1, -0.05) is 39.2 Å². The van der Waals surface area contributed by atoms with Gasteiger partial charge in [0.25, 0.3) is 0 Å². The Morgan fingerprint density at radius 3 is 2.47 bits per heavy atom. The smallest absolute Gasteiger partial charge is 0.335 e. The molecule has 0 aromatic carbocycles. The van der Waals surface area contributed by atoms with Gasteiger partial charge in [0.1, 0.15) is 0 Å². The van der Waals surface area contributed by atoms with Crippen molar-refractivity contribution in [3.8, 4) is 0 Å². The molecule has 0 rings (SSSR count). The van der Waals surface area contributed by atoms with Crippen LogP contribution in [0.15, 0.2) is 12.2 Å². The fraction of sp³-hybridized carbons (Fsp3) is 0.750. The molecule has 88 valence electrons. The molecule has 0 amide bonds. The third-order valence-electron chi connectivity index (χ3n) is 2.15. The molecular formula is C12H22O3. The largest absolute Gasteiger partial charge is 0.433 e. The van der Waals surface area contributed by atoms with Crippen LogP contribution in [0.2, 0.25) is 0 Å². The molecule has 0 saturated heterocycles. The first kappa shape index (κ1) is 14.2. The molecular weight excluding hydrogens is 192 g/mol. The van der Waals surface area contributed by atoms with Gasteiger partial charge in [0, 0.05) is 12.0 Å². The second-order valence-corrected chi connectivity index (χ2v) is 3.84. The van der Waals surface area contributed by atoms with E-state index in [0.717, 1.165) is 12.8 Å². The lowest BCUT2D eigenvalue weighted by molar-refractivity contribution is -0.163. The Hall–Kier alpha value is -0.830. The summed E-state index contributed by atoms with van der Waals surface area (Å²) in [5.74, 6) is -0.518. The summed E-state index contributed by atoms with van der Waals surface area (Å²) in [7, 11) is 0. The van der Waals surface area contributed by atoms with Gasteiger partial charge >= 0.3 is 5.97 Å². The maximum absolute atomic E-state index is 11.0. The third kappa shape index (κ3) is 8.18. The van der Waals surface area contributed by atoms with Gasteiger partial charge in [0.2, 0.25) is 6.29 Å². The number of hydrogen-bond acceptors (Lipinski definition) is 3. The second kappa shape index (κ2) is 8.48. The Bertz CT molecular complexity index is 199. The topological polar surface area (TPSA) is 46.5 Å².